The molecular weight excluding hydrogens is 322 g/mol. The van der Waals surface area contributed by atoms with E-state index >= 15 is 0 Å². The molecule has 9 heteroatoms. The number of nitrogens with two attached hydrogens (primary N) is 1. The zero-order chi connectivity index (χ0) is 17.4. The fourth-order valence-electron chi connectivity index (χ4n) is 2.11. The van der Waals surface area contributed by atoms with Gasteiger partial charge in [-0.05, 0) is 24.6 Å². The molecule has 0 amide bonds. The number of anilines is 1. The Kier molecular flexibility index (Phi) is 4.14. The Labute approximate surface area is 132 Å². The number of carbonyl (C=O) groups is 1. The number of benzene rings is 1. The number of methoxy groups -OCH3 is 1. The minimum atomic E-state index is -4.42. The summed E-state index contributed by atoms with van der Waals surface area (Å²) >= 11 is 0. The Bertz CT molecular complexity index is 938. The van der Waals surface area contributed by atoms with Gasteiger partial charge in [0.1, 0.15) is 6.07 Å². The van der Waals surface area contributed by atoms with Crippen molar-refractivity contribution in [1.82, 2.24) is 4.57 Å². The summed E-state index contributed by atoms with van der Waals surface area (Å²) in [5.74, 6) is -0.777. The van der Waals surface area contributed by atoms with Crippen molar-refractivity contribution >= 4 is 21.8 Å². The quantitative estimate of drug-likeness (QED) is 0.637. The summed E-state index contributed by atoms with van der Waals surface area (Å²) in [6.07, 6.45) is 1.30. The summed E-state index contributed by atoms with van der Waals surface area (Å²) in [5, 5.41) is 9.08. The summed E-state index contributed by atoms with van der Waals surface area (Å²) in [7, 11) is -3.26. The highest BCUT2D eigenvalue weighted by molar-refractivity contribution is 7.85. The van der Waals surface area contributed by atoms with Gasteiger partial charge in [0.15, 0.2) is 5.69 Å². The molecule has 0 spiro atoms. The van der Waals surface area contributed by atoms with Gasteiger partial charge in [-0.25, -0.2) is 4.79 Å². The van der Waals surface area contributed by atoms with E-state index in [0.717, 1.165) is 7.11 Å². The van der Waals surface area contributed by atoms with E-state index in [0.29, 0.717) is 5.56 Å². The number of ether oxygens (including phenoxy) is 1. The molecule has 0 aliphatic carbocycles. The van der Waals surface area contributed by atoms with E-state index in [4.69, 9.17) is 11.0 Å². The lowest BCUT2D eigenvalue weighted by Gasteiger charge is -2.12. The molecule has 8 nitrogen and oxygen atoms in total. The van der Waals surface area contributed by atoms with Gasteiger partial charge in [-0.2, -0.15) is 13.7 Å². The Morgan fingerprint density at radius 3 is 2.61 bits per heavy atom. The first-order valence-electron chi connectivity index (χ1n) is 6.28. The highest BCUT2D eigenvalue weighted by Crippen LogP contribution is 2.27. The minimum Gasteiger partial charge on any atom is -0.464 e. The molecule has 1 aromatic carbocycles. The second-order valence-corrected chi connectivity index (χ2v) is 6.12. The lowest BCUT2D eigenvalue weighted by molar-refractivity contribution is 0.0593. The van der Waals surface area contributed by atoms with Crippen LogP contribution in [0, 0.1) is 18.3 Å². The summed E-state index contributed by atoms with van der Waals surface area (Å²) in [6, 6.07) is 5.71. The number of aryl methyl sites for hydroxylation is 1. The van der Waals surface area contributed by atoms with Crippen molar-refractivity contribution in [3.8, 4) is 11.8 Å². The summed E-state index contributed by atoms with van der Waals surface area (Å²) in [6.45, 7) is 1.67. The third-order valence-electron chi connectivity index (χ3n) is 3.28. The lowest BCUT2D eigenvalue weighted by atomic mass is 10.2. The Morgan fingerprint density at radius 1 is 1.43 bits per heavy atom. The molecule has 0 aliphatic rings. The van der Waals surface area contributed by atoms with E-state index in [1.165, 1.54) is 29.0 Å². The Morgan fingerprint density at radius 2 is 2.09 bits per heavy atom. The van der Waals surface area contributed by atoms with Gasteiger partial charge < -0.3 is 15.0 Å². The van der Waals surface area contributed by atoms with Gasteiger partial charge in [-0.15, -0.1) is 0 Å². The van der Waals surface area contributed by atoms with E-state index in [2.05, 4.69) is 4.74 Å². The minimum absolute atomic E-state index is 0.0436. The highest BCUT2D eigenvalue weighted by Gasteiger charge is 2.23. The fraction of sp³-hybridized carbons (Fsp3) is 0.143. The molecule has 0 radical (unpaired) electrons. The first kappa shape index (κ1) is 16.5. The van der Waals surface area contributed by atoms with Gasteiger partial charge in [-0.3, -0.25) is 4.55 Å². The topological polar surface area (TPSA) is 135 Å². The van der Waals surface area contributed by atoms with Crippen LogP contribution in [-0.4, -0.2) is 30.6 Å². The zero-order valence-electron chi connectivity index (χ0n) is 12.3. The lowest BCUT2D eigenvalue weighted by Crippen LogP contribution is -2.12. The standard InChI is InChI=1S/C14H13N3O5S/c1-8-3-4-10(23(19,20)21)5-11(8)17-7-9(6-15)12(16)13(17)14(18)22-2/h3-5,7H,16H2,1-2H3,(H,19,20,21). The largest absolute Gasteiger partial charge is 0.464 e. The number of rotatable bonds is 3. The van der Waals surface area contributed by atoms with Crippen molar-refractivity contribution in [2.45, 2.75) is 11.8 Å². The van der Waals surface area contributed by atoms with E-state index in [-0.39, 0.29) is 27.5 Å². The SMILES string of the molecule is COC(=O)c1c(N)c(C#N)cn1-c1cc(S(=O)(=O)O)ccc1C. The smallest absolute Gasteiger partial charge is 0.357 e. The summed E-state index contributed by atoms with van der Waals surface area (Å²) < 4.78 is 37.7. The molecule has 1 heterocycles. The van der Waals surface area contributed by atoms with E-state index in [9.17, 15) is 17.8 Å². The molecule has 0 bridgehead atoms. The third kappa shape index (κ3) is 2.90. The maximum absolute atomic E-state index is 12.0. The molecule has 0 fully saturated rings. The molecule has 0 saturated carbocycles. The zero-order valence-corrected chi connectivity index (χ0v) is 13.1. The Hall–Kier alpha value is -2.83. The molecule has 0 unspecified atom stereocenters. The van der Waals surface area contributed by atoms with Gasteiger partial charge >= 0.3 is 5.97 Å². The van der Waals surface area contributed by atoms with Crippen LogP contribution < -0.4 is 5.73 Å². The van der Waals surface area contributed by atoms with Crippen LogP contribution in [0.3, 0.4) is 0 Å². The van der Waals surface area contributed by atoms with Crippen LogP contribution in [0.4, 0.5) is 5.69 Å². The molecule has 3 N–H and O–H groups in total. The van der Waals surface area contributed by atoms with Gasteiger partial charge in [0.25, 0.3) is 10.1 Å². The number of nitrogen functional groups attached to an aromatic ring is 1. The van der Waals surface area contributed by atoms with Crippen LogP contribution in [0.15, 0.2) is 29.3 Å². The van der Waals surface area contributed by atoms with E-state index in [1.54, 1.807) is 6.92 Å². The predicted octanol–water partition coefficient (Wildman–Crippen LogP) is 1.27. The molecule has 0 aliphatic heterocycles. The predicted molar refractivity (Wildman–Crippen MR) is 80.8 cm³/mol. The normalized spacial score (nSPS) is 11.0. The van der Waals surface area contributed by atoms with Gasteiger partial charge in [0, 0.05) is 6.20 Å². The third-order valence-corrected chi connectivity index (χ3v) is 4.13. The maximum atomic E-state index is 12.0. The maximum Gasteiger partial charge on any atom is 0.357 e. The molecule has 2 aromatic rings. The van der Waals surface area contributed by atoms with E-state index < -0.39 is 16.1 Å². The van der Waals surface area contributed by atoms with Crippen LogP contribution in [0.5, 0.6) is 0 Å². The van der Waals surface area contributed by atoms with Crippen LogP contribution >= 0.6 is 0 Å². The number of hydrogen-bond acceptors (Lipinski definition) is 6. The molecule has 1 aromatic heterocycles. The van der Waals surface area contributed by atoms with Crippen LogP contribution in [0.2, 0.25) is 0 Å². The molecule has 120 valence electrons. The summed E-state index contributed by atoms with van der Waals surface area (Å²) in [5.41, 5.74) is 6.53. The summed E-state index contributed by atoms with van der Waals surface area (Å²) in [4.78, 5) is 11.6. The van der Waals surface area contributed by atoms with Crippen LogP contribution in [0.1, 0.15) is 21.6 Å². The number of nitrogens with zero attached hydrogens (tertiary/aromatic N) is 2. The number of hydrogen-bond donors (Lipinski definition) is 2. The van der Waals surface area contributed by atoms with E-state index in [1.807, 2.05) is 6.07 Å². The van der Waals surface area contributed by atoms with Crippen molar-refractivity contribution in [2.24, 2.45) is 0 Å². The number of nitriles is 1. The first-order chi connectivity index (χ1) is 10.7. The Balaban J connectivity index is 2.82. The van der Waals surface area contributed by atoms with Gasteiger partial charge in [-0.1, -0.05) is 6.07 Å². The number of aromatic nitrogens is 1. The molecule has 0 saturated heterocycles. The van der Waals surface area contributed by atoms with Crippen molar-refractivity contribution < 1.29 is 22.5 Å². The molecule has 0 atom stereocenters. The van der Waals surface area contributed by atoms with Crippen molar-refractivity contribution in [1.29, 1.82) is 5.26 Å². The molecule has 2 rings (SSSR count). The highest BCUT2D eigenvalue weighted by atomic mass is 32.2. The molecule has 23 heavy (non-hydrogen) atoms. The van der Waals surface area contributed by atoms with Crippen molar-refractivity contribution in [3.63, 3.8) is 0 Å². The van der Waals surface area contributed by atoms with Gasteiger partial charge in [0.05, 0.1) is 28.9 Å². The average Bonchev–Trinajstić information content (AvgIpc) is 2.82. The van der Waals surface area contributed by atoms with Crippen molar-refractivity contribution in [2.75, 3.05) is 12.8 Å². The molecular formula is C14H13N3O5S. The second kappa shape index (κ2) is 5.75. The van der Waals surface area contributed by atoms with Gasteiger partial charge in [0.2, 0.25) is 0 Å². The van der Waals surface area contributed by atoms with Crippen LogP contribution in [-0.2, 0) is 14.9 Å². The fourth-order valence-corrected chi connectivity index (χ4v) is 2.61. The second-order valence-electron chi connectivity index (χ2n) is 4.70. The number of esters is 1. The number of carbonyl (C=O) groups excluding carboxylic acids is 1. The first-order valence-corrected chi connectivity index (χ1v) is 7.72. The van der Waals surface area contributed by atoms with Crippen LogP contribution in [0.25, 0.3) is 5.69 Å². The monoisotopic (exact) mass is 335 g/mol. The van der Waals surface area contributed by atoms with Crippen molar-refractivity contribution in [3.05, 3.63) is 41.2 Å². The average molecular weight is 335 g/mol.